The van der Waals surface area contributed by atoms with Crippen molar-refractivity contribution in [2.24, 2.45) is 5.41 Å². The molecule has 0 spiro atoms. The first-order valence-corrected chi connectivity index (χ1v) is 5.98. The molecule has 1 atom stereocenters. The van der Waals surface area contributed by atoms with Crippen molar-refractivity contribution in [1.82, 2.24) is 0 Å². The number of carbonyl (C=O) groups excluding carboxylic acids is 1. The van der Waals surface area contributed by atoms with Gasteiger partial charge in [-0.2, -0.15) is 0 Å². The van der Waals surface area contributed by atoms with Crippen molar-refractivity contribution in [2.75, 3.05) is 19.8 Å². The summed E-state index contributed by atoms with van der Waals surface area (Å²) in [5, 5.41) is 54.8. The van der Waals surface area contributed by atoms with Gasteiger partial charge in [0.2, 0.25) is 0 Å². The maximum Gasteiger partial charge on any atom is 0.333 e. The highest BCUT2D eigenvalue weighted by molar-refractivity contribution is 5.87. The van der Waals surface area contributed by atoms with E-state index in [1.807, 2.05) is 0 Å². The van der Waals surface area contributed by atoms with Gasteiger partial charge in [0, 0.05) is 11.0 Å². The van der Waals surface area contributed by atoms with Gasteiger partial charge in [-0.25, -0.2) is 4.79 Å². The third kappa shape index (κ3) is 5.53. The van der Waals surface area contributed by atoms with Gasteiger partial charge in [0.25, 0.3) is 0 Å². The first kappa shape index (κ1) is 19.0. The van der Waals surface area contributed by atoms with Crippen LogP contribution in [0.1, 0.15) is 19.8 Å². The molecular weight excluding hydrogens is 272 g/mol. The lowest BCUT2D eigenvalue weighted by molar-refractivity contribution is -0.357. The molecule has 0 saturated carbocycles. The van der Waals surface area contributed by atoms with Gasteiger partial charge in [-0.3, -0.25) is 0 Å². The minimum absolute atomic E-state index is 0.00279. The van der Waals surface area contributed by atoms with Gasteiger partial charge in [-0.15, -0.1) is 0 Å². The maximum atomic E-state index is 11.3. The third-order valence-corrected chi connectivity index (χ3v) is 2.97. The smallest absolute Gasteiger partial charge is 0.333 e. The van der Waals surface area contributed by atoms with Crippen molar-refractivity contribution in [1.29, 1.82) is 0 Å². The Bertz CT molecular complexity index is 321. The zero-order valence-electron chi connectivity index (χ0n) is 11.3. The van der Waals surface area contributed by atoms with Gasteiger partial charge < -0.3 is 35.4 Å². The van der Waals surface area contributed by atoms with Crippen LogP contribution in [0, 0.1) is 5.41 Å². The summed E-state index contributed by atoms with van der Waals surface area (Å²) in [6, 6.07) is 0. The molecule has 0 radical (unpaired) electrons. The number of aliphatic hydroxyl groups is 6. The van der Waals surface area contributed by atoms with Gasteiger partial charge in [-0.05, 0) is 19.8 Å². The molecule has 8 nitrogen and oxygen atoms in total. The summed E-state index contributed by atoms with van der Waals surface area (Å²) in [7, 11) is 0. The second-order valence-electron chi connectivity index (χ2n) is 4.87. The Balaban J connectivity index is 4.84. The van der Waals surface area contributed by atoms with Gasteiger partial charge in [0.05, 0.1) is 19.8 Å². The molecule has 0 aliphatic heterocycles. The Labute approximate surface area is 116 Å². The lowest BCUT2D eigenvalue weighted by Crippen LogP contribution is -2.46. The summed E-state index contributed by atoms with van der Waals surface area (Å²) in [6.45, 7) is 2.97. The monoisotopic (exact) mass is 294 g/mol. The van der Waals surface area contributed by atoms with Crippen molar-refractivity contribution < 1.29 is 40.2 Å². The van der Waals surface area contributed by atoms with Crippen LogP contribution in [0.4, 0.5) is 0 Å². The molecule has 0 aromatic carbocycles. The molecule has 8 heteroatoms. The maximum absolute atomic E-state index is 11.3. The van der Waals surface area contributed by atoms with Crippen LogP contribution < -0.4 is 0 Å². The van der Waals surface area contributed by atoms with E-state index in [4.69, 9.17) is 30.6 Å². The standard InChI is InChI=1S/C12H22O8/c1-8(2)10(16)20-9(12(17,18)19)3-4-11(5-13,6-14)7-15/h9,13-15,17-19H,1,3-7H2,2H3. The minimum Gasteiger partial charge on any atom is -0.450 e. The lowest BCUT2D eigenvalue weighted by atomic mass is 9.84. The predicted molar refractivity (Wildman–Crippen MR) is 67.0 cm³/mol. The van der Waals surface area contributed by atoms with Crippen molar-refractivity contribution in [3.05, 3.63) is 12.2 Å². The molecule has 0 aromatic heterocycles. The lowest BCUT2D eigenvalue weighted by Gasteiger charge is -2.31. The second-order valence-corrected chi connectivity index (χ2v) is 4.87. The first-order valence-electron chi connectivity index (χ1n) is 5.98. The number of ether oxygens (including phenoxy) is 1. The fourth-order valence-corrected chi connectivity index (χ4v) is 1.39. The molecule has 0 aliphatic carbocycles. The van der Waals surface area contributed by atoms with Crippen LogP contribution in [-0.4, -0.2) is 68.5 Å². The molecule has 20 heavy (non-hydrogen) atoms. The van der Waals surface area contributed by atoms with Crippen LogP contribution in [0.25, 0.3) is 0 Å². The summed E-state index contributed by atoms with van der Waals surface area (Å²) in [6.07, 6.45) is -2.13. The van der Waals surface area contributed by atoms with Crippen molar-refractivity contribution in [3.8, 4) is 0 Å². The zero-order valence-corrected chi connectivity index (χ0v) is 11.3. The highest BCUT2D eigenvalue weighted by Crippen LogP contribution is 2.26. The summed E-state index contributed by atoms with van der Waals surface area (Å²) in [5.74, 6) is -4.21. The van der Waals surface area contributed by atoms with Gasteiger partial charge in [-0.1, -0.05) is 6.58 Å². The highest BCUT2D eigenvalue weighted by atomic mass is 16.7. The molecular formula is C12H22O8. The van der Waals surface area contributed by atoms with Crippen LogP contribution in [0.5, 0.6) is 0 Å². The van der Waals surface area contributed by atoms with E-state index >= 15 is 0 Å². The molecule has 118 valence electrons. The average Bonchev–Trinajstić information content (AvgIpc) is 2.37. The fraction of sp³-hybridized carbons (Fsp3) is 0.750. The third-order valence-electron chi connectivity index (χ3n) is 2.97. The summed E-state index contributed by atoms with van der Waals surface area (Å²) in [5.41, 5.74) is -1.28. The Kier molecular flexibility index (Phi) is 7.28. The zero-order chi connectivity index (χ0) is 16.0. The summed E-state index contributed by atoms with van der Waals surface area (Å²) >= 11 is 0. The number of carbonyl (C=O) groups is 1. The van der Waals surface area contributed by atoms with Crippen molar-refractivity contribution >= 4 is 5.97 Å². The van der Waals surface area contributed by atoms with Gasteiger partial charge >= 0.3 is 11.9 Å². The Morgan fingerprint density at radius 1 is 1.15 bits per heavy atom. The number of hydrogen-bond acceptors (Lipinski definition) is 8. The van der Waals surface area contributed by atoms with E-state index in [1.165, 1.54) is 6.92 Å². The molecule has 0 heterocycles. The van der Waals surface area contributed by atoms with Crippen molar-refractivity contribution in [2.45, 2.75) is 31.8 Å². The number of aliphatic hydroxyl groups excluding tert-OH is 3. The SMILES string of the molecule is C=C(C)C(=O)OC(CCC(CO)(CO)CO)C(O)(O)O. The van der Waals surface area contributed by atoms with Crippen LogP contribution >= 0.6 is 0 Å². The van der Waals surface area contributed by atoms with Gasteiger partial charge in [0.15, 0.2) is 6.10 Å². The number of rotatable bonds is 9. The van der Waals surface area contributed by atoms with Crippen LogP contribution in [0.2, 0.25) is 0 Å². The Morgan fingerprint density at radius 3 is 1.90 bits per heavy atom. The predicted octanol–water partition coefficient (Wildman–Crippen LogP) is -2.15. The largest absolute Gasteiger partial charge is 0.450 e. The van der Waals surface area contributed by atoms with Gasteiger partial charge in [0.1, 0.15) is 0 Å². The van der Waals surface area contributed by atoms with E-state index in [0.29, 0.717) is 0 Å². The molecule has 6 N–H and O–H groups in total. The molecule has 0 fully saturated rings. The van der Waals surface area contributed by atoms with Crippen LogP contribution in [0.15, 0.2) is 12.2 Å². The van der Waals surface area contributed by atoms with E-state index in [9.17, 15) is 4.79 Å². The molecule has 0 rings (SSSR count). The summed E-state index contributed by atoms with van der Waals surface area (Å²) < 4.78 is 4.67. The summed E-state index contributed by atoms with van der Waals surface area (Å²) in [4.78, 5) is 11.3. The molecule has 0 aromatic rings. The van der Waals surface area contributed by atoms with E-state index in [2.05, 4.69) is 11.3 Å². The Morgan fingerprint density at radius 2 is 1.60 bits per heavy atom. The van der Waals surface area contributed by atoms with Crippen molar-refractivity contribution in [3.63, 3.8) is 0 Å². The topological polar surface area (TPSA) is 148 Å². The van der Waals surface area contributed by atoms with E-state index < -0.39 is 43.3 Å². The number of esters is 1. The Hall–Kier alpha value is -1.03. The fourth-order valence-electron chi connectivity index (χ4n) is 1.39. The number of hydrogen-bond donors (Lipinski definition) is 6. The molecule has 0 bridgehead atoms. The van der Waals surface area contributed by atoms with E-state index in [1.54, 1.807) is 0 Å². The molecule has 0 aliphatic rings. The quantitative estimate of drug-likeness (QED) is 0.160. The van der Waals surface area contributed by atoms with E-state index in [0.717, 1.165) is 0 Å². The van der Waals surface area contributed by atoms with E-state index in [-0.39, 0.29) is 18.4 Å². The molecule has 0 saturated heterocycles. The van der Waals surface area contributed by atoms with Crippen LogP contribution in [-0.2, 0) is 9.53 Å². The van der Waals surface area contributed by atoms with Crippen LogP contribution in [0.3, 0.4) is 0 Å². The average molecular weight is 294 g/mol. The first-order chi connectivity index (χ1) is 9.11. The molecule has 0 amide bonds. The second kappa shape index (κ2) is 7.67. The molecule has 1 unspecified atom stereocenters. The normalized spacial score (nSPS) is 13.9. The minimum atomic E-state index is -3.28. The highest BCUT2D eigenvalue weighted by Gasteiger charge is 2.39.